The summed E-state index contributed by atoms with van der Waals surface area (Å²) in [5, 5.41) is 1.42. The van der Waals surface area contributed by atoms with E-state index in [2.05, 4.69) is 76.0 Å². The normalized spacial score (nSPS) is 19.8. The lowest BCUT2D eigenvalue weighted by molar-refractivity contribution is 0.0122. The van der Waals surface area contributed by atoms with Gasteiger partial charge in [-0.15, -0.1) is 5.54 Å². The van der Waals surface area contributed by atoms with Gasteiger partial charge in [0.15, 0.2) is 12.6 Å². The molecule has 2 aromatic heterocycles. The number of hydrogen-bond acceptors (Lipinski definition) is 10. The van der Waals surface area contributed by atoms with Crippen LogP contribution in [0.15, 0.2) is 54.8 Å². The van der Waals surface area contributed by atoms with Crippen LogP contribution >= 0.6 is 0 Å². The van der Waals surface area contributed by atoms with Crippen molar-refractivity contribution >= 4 is 41.7 Å². The highest BCUT2D eigenvalue weighted by Gasteiger charge is 2.49. The molecule has 2 unspecified atom stereocenters. The Kier molecular flexibility index (Phi) is 12.6. The fraction of sp³-hybridized carbons (Fsp3) is 0.529. The first-order chi connectivity index (χ1) is 30.7. The van der Waals surface area contributed by atoms with Gasteiger partial charge >= 0.3 is 12.1 Å². The molecular formula is C51H64F2N6O5Si. The summed E-state index contributed by atoms with van der Waals surface area (Å²) in [7, 11) is -0.798. The summed E-state index contributed by atoms with van der Waals surface area (Å²) in [5.74, 6) is 2.97. The number of hydrogen-bond donors (Lipinski definition) is 0. The lowest BCUT2D eigenvalue weighted by Gasteiger charge is -2.42. The topological polar surface area (TPSA) is 102 Å². The molecule has 8 rings (SSSR count). The van der Waals surface area contributed by atoms with Crippen molar-refractivity contribution in [3.05, 3.63) is 72.0 Å². The number of fused-ring (bicyclic) bond motifs is 5. The first-order valence-corrected chi connectivity index (χ1v) is 25.2. The maximum absolute atomic E-state index is 18.0. The van der Waals surface area contributed by atoms with Crippen molar-refractivity contribution < 1.29 is 32.5 Å². The van der Waals surface area contributed by atoms with Crippen LogP contribution < -0.4 is 14.4 Å². The molecule has 4 aromatic rings. The molecule has 2 aromatic carbocycles. The summed E-state index contributed by atoms with van der Waals surface area (Å²) in [4.78, 5) is 34.4. The summed E-state index contributed by atoms with van der Waals surface area (Å²) in [5.41, 5.74) is 6.31. The minimum Gasteiger partial charge on any atom is -0.468 e. The summed E-state index contributed by atoms with van der Waals surface area (Å²) < 4.78 is 57.9. The molecule has 1 amide bonds. The van der Waals surface area contributed by atoms with Gasteiger partial charge < -0.3 is 23.8 Å². The molecule has 0 saturated carbocycles. The van der Waals surface area contributed by atoms with E-state index in [1.807, 2.05) is 25.7 Å². The summed E-state index contributed by atoms with van der Waals surface area (Å²) in [6, 6.07) is 6.25. The molecule has 4 fully saturated rings. The van der Waals surface area contributed by atoms with Crippen LogP contribution in [-0.2, 0) is 9.47 Å². The van der Waals surface area contributed by atoms with Crippen molar-refractivity contribution in [1.82, 2.24) is 24.8 Å². The number of halogens is 2. The fourth-order valence-electron chi connectivity index (χ4n) is 11.4. The zero-order valence-corrected chi connectivity index (χ0v) is 40.7. The van der Waals surface area contributed by atoms with E-state index in [1.165, 1.54) is 13.2 Å². The Bertz CT molecular complexity index is 2560. The van der Waals surface area contributed by atoms with Gasteiger partial charge in [0.1, 0.15) is 48.9 Å². The number of nitrogens with zero attached hydrogens (tertiary/aromatic N) is 6. The van der Waals surface area contributed by atoms with Gasteiger partial charge in [0, 0.05) is 50.4 Å². The number of pyridine rings is 1. The number of amides is 1. The second-order valence-corrected chi connectivity index (χ2v) is 26.2. The Morgan fingerprint density at radius 1 is 0.954 bits per heavy atom. The molecule has 4 aliphatic heterocycles. The van der Waals surface area contributed by atoms with Gasteiger partial charge in [-0.1, -0.05) is 77.8 Å². The van der Waals surface area contributed by atoms with Crippen LogP contribution in [-0.4, -0.2) is 109 Å². The Balaban J connectivity index is 1.29. The third kappa shape index (κ3) is 8.60. The largest absolute Gasteiger partial charge is 0.468 e. The lowest BCUT2D eigenvalue weighted by Crippen LogP contribution is -2.57. The number of benzene rings is 2. The molecule has 0 spiro atoms. The Morgan fingerprint density at radius 3 is 2.20 bits per heavy atom. The van der Waals surface area contributed by atoms with Gasteiger partial charge in [-0.2, -0.15) is 9.97 Å². The van der Waals surface area contributed by atoms with E-state index in [0.29, 0.717) is 63.0 Å². The van der Waals surface area contributed by atoms with E-state index in [0.717, 1.165) is 49.9 Å². The number of carbonyl (C=O) groups is 1. The first-order valence-electron chi connectivity index (χ1n) is 23.0. The quantitative estimate of drug-likeness (QED) is 0.0626. The summed E-state index contributed by atoms with van der Waals surface area (Å²) in [6.45, 7) is 30.0. The molecule has 2 bridgehead atoms. The van der Waals surface area contributed by atoms with Crippen LogP contribution in [0.3, 0.4) is 0 Å². The van der Waals surface area contributed by atoms with Gasteiger partial charge in [0.25, 0.3) is 0 Å². The highest BCUT2D eigenvalue weighted by molar-refractivity contribution is 6.90. The predicted octanol–water partition coefficient (Wildman–Crippen LogP) is 10.6. The van der Waals surface area contributed by atoms with Gasteiger partial charge in [-0.3, -0.25) is 14.8 Å². The van der Waals surface area contributed by atoms with Gasteiger partial charge in [-0.25, -0.2) is 13.6 Å². The molecule has 65 heavy (non-hydrogen) atoms. The van der Waals surface area contributed by atoms with Crippen LogP contribution in [0.25, 0.3) is 32.9 Å². The zero-order valence-electron chi connectivity index (χ0n) is 39.7. The Morgan fingerprint density at radius 2 is 1.60 bits per heavy atom. The highest BCUT2D eigenvalue weighted by atomic mass is 28.3. The van der Waals surface area contributed by atoms with Crippen molar-refractivity contribution in [3.63, 3.8) is 0 Å². The van der Waals surface area contributed by atoms with Crippen LogP contribution in [0.2, 0.25) is 16.6 Å². The lowest BCUT2D eigenvalue weighted by atomic mass is 9.92. The number of methoxy groups -OCH3 is 1. The van der Waals surface area contributed by atoms with Crippen molar-refractivity contribution in [2.24, 2.45) is 0 Å². The molecule has 11 nitrogen and oxygen atoms in total. The highest BCUT2D eigenvalue weighted by Crippen LogP contribution is 2.45. The number of piperazine rings is 1. The van der Waals surface area contributed by atoms with Crippen LogP contribution in [0, 0.1) is 23.1 Å². The molecule has 2 atom stereocenters. The average molecular weight is 907 g/mol. The van der Waals surface area contributed by atoms with Crippen molar-refractivity contribution in [2.75, 3.05) is 51.6 Å². The van der Waals surface area contributed by atoms with E-state index in [-0.39, 0.29) is 59.9 Å². The summed E-state index contributed by atoms with van der Waals surface area (Å²) >= 11 is 0. The summed E-state index contributed by atoms with van der Waals surface area (Å²) in [6.07, 6.45) is 4.33. The molecule has 0 N–H and O–H groups in total. The second-order valence-electron chi connectivity index (χ2n) is 20.6. The van der Waals surface area contributed by atoms with Gasteiger partial charge in [0.2, 0.25) is 0 Å². The smallest absolute Gasteiger partial charge is 0.410 e. The zero-order chi connectivity index (χ0) is 46.7. The Hall–Kier alpha value is -5.10. The number of carbonyl (C=O) groups excluding carboxylic acids is 1. The molecular weight excluding hydrogens is 843 g/mol. The standard InChI is InChI=1S/C51H64F2N6O5Si/c1-30(2)65(31(3)4,32(5)6)18-17-39-42(52)16-13-35-19-38(63-29-61-12)20-40(43(35)39)45-44(53)46-41(23-54-45)47(57-26-36-14-15-37(27-57)59(36)49(60)64-50(9,10)11)56-48(55-46)62-28-51-21-33(7)24-58(51)25-34(8)22-51/h13,16,19-20,23,30-32,36-37H,7-8,14-15,21-22,24-29H2,1-6,9-12H3. The SMILES string of the molecule is C=C1CN2CC(=C)CC2(COc2nc(N3CC4CCC(C3)N4C(=O)OC(C)(C)C)c3cnc(-c4cc(OCOC)cc5ccc(F)c(C#C[Si](C(C)C)(C(C)C)C(C)C)c45)c(F)c3n2)C1. The van der Waals surface area contributed by atoms with E-state index in [1.54, 1.807) is 24.4 Å². The molecule has 4 saturated heterocycles. The van der Waals surface area contributed by atoms with Crippen LogP contribution in [0.4, 0.5) is 19.4 Å². The number of ether oxygens (including phenoxy) is 4. The second kappa shape index (κ2) is 17.6. The molecule has 4 aliphatic rings. The molecule has 14 heteroatoms. The maximum atomic E-state index is 18.0. The minimum atomic E-state index is -2.32. The maximum Gasteiger partial charge on any atom is 0.410 e. The molecule has 6 heterocycles. The number of rotatable bonds is 11. The molecule has 0 radical (unpaired) electrons. The number of anilines is 1. The van der Waals surface area contributed by atoms with E-state index in [4.69, 9.17) is 33.9 Å². The van der Waals surface area contributed by atoms with Crippen LogP contribution in [0.1, 0.15) is 93.6 Å². The monoisotopic (exact) mass is 906 g/mol. The van der Waals surface area contributed by atoms with E-state index < -0.39 is 25.3 Å². The predicted molar refractivity (Wildman–Crippen MR) is 255 cm³/mol. The van der Waals surface area contributed by atoms with E-state index in [9.17, 15) is 4.79 Å². The van der Waals surface area contributed by atoms with Gasteiger partial charge in [-0.05, 0) is 86.7 Å². The average Bonchev–Trinajstić information content (AvgIpc) is 3.80. The fourth-order valence-corrected chi connectivity index (χ4v) is 16.6. The third-order valence-electron chi connectivity index (χ3n) is 14.1. The van der Waals surface area contributed by atoms with Crippen molar-refractivity contribution in [1.29, 1.82) is 0 Å². The van der Waals surface area contributed by atoms with Crippen LogP contribution in [0.5, 0.6) is 11.8 Å². The molecule has 346 valence electrons. The third-order valence-corrected chi connectivity index (χ3v) is 20.4. The molecule has 0 aliphatic carbocycles. The van der Waals surface area contributed by atoms with Crippen molar-refractivity contribution in [3.8, 4) is 34.5 Å². The van der Waals surface area contributed by atoms with Crippen molar-refractivity contribution in [2.45, 2.75) is 128 Å². The van der Waals surface area contributed by atoms with E-state index >= 15 is 8.78 Å². The van der Waals surface area contributed by atoms with Gasteiger partial charge in [0.05, 0.1) is 28.6 Å². The minimum absolute atomic E-state index is 0.00388. The first kappa shape index (κ1) is 46.4. The Labute approximate surface area is 383 Å². The number of aromatic nitrogens is 3.